The van der Waals surface area contributed by atoms with Gasteiger partial charge in [-0.2, -0.15) is 0 Å². The second kappa shape index (κ2) is 4.56. The number of aromatic nitrogens is 1. The van der Waals surface area contributed by atoms with Gasteiger partial charge in [0.05, 0.1) is 9.48 Å². The number of nitrogens with one attached hydrogen (secondary N) is 1. The minimum absolute atomic E-state index is 0.0204. The zero-order chi connectivity index (χ0) is 11.8. The van der Waals surface area contributed by atoms with Crippen LogP contribution in [-0.2, 0) is 10.0 Å². The van der Waals surface area contributed by atoms with Crippen molar-refractivity contribution in [2.24, 2.45) is 0 Å². The van der Waals surface area contributed by atoms with E-state index in [9.17, 15) is 8.42 Å². The predicted molar refractivity (Wildman–Crippen MR) is 67.0 cm³/mol. The number of halogens is 1. The first-order valence-corrected chi connectivity index (χ1v) is 7.88. The Balaban J connectivity index is 2.18. The summed E-state index contributed by atoms with van der Waals surface area (Å²) >= 11 is 4.41. The standard InChI is InChI=1S/C9H11BrN2O2S2/c1-6-8(10)15-9(11-6)16(13,14)12-7-4-2-3-5-7/h2-3,7,12H,4-5H2,1H3. The Morgan fingerprint density at radius 3 is 2.62 bits per heavy atom. The molecule has 0 unspecified atom stereocenters. The number of thiazole rings is 1. The van der Waals surface area contributed by atoms with Crippen molar-refractivity contribution in [1.29, 1.82) is 0 Å². The molecule has 0 aliphatic heterocycles. The van der Waals surface area contributed by atoms with E-state index in [1.807, 2.05) is 12.2 Å². The summed E-state index contributed by atoms with van der Waals surface area (Å²) in [5, 5.41) is 0. The first-order chi connectivity index (χ1) is 7.49. The summed E-state index contributed by atoms with van der Waals surface area (Å²) in [5.74, 6) is 0. The third kappa shape index (κ3) is 2.53. The monoisotopic (exact) mass is 322 g/mol. The SMILES string of the molecule is Cc1nc(S(=O)(=O)NC2CC=CC2)sc1Br. The zero-order valence-electron chi connectivity index (χ0n) is 8.60. The van der Waals surface area contributed by atoms with Crippen molar-refractivity contribution in [2.75, 3.05) is 0 Å². The van der Waals surface area contributed by atoms with Crippen LogP contribution in [-0.4, -0.2) is 19.4 Å². The normalized spacial score (nSPS) is 17.1. The van der Waals surface area contributed by atoms with E-state index < -0.39 is 10.0 Å². The van der Waals surface area contributed by atoms with Gasteiger partial charge in [0.1, 0.15) is 0 Å². The van der Waals surface area contributed by atoms with E-state index in [1.54, 1.807) is 6.92 Å². The van der Waals surface area contributed by atoms with Gasteiger partial charge in [0.2, 0.25) is 4.34 Å². The van der Waals surface area contributed by atoms with Gasteiger partial charge in [-0.25, -0.2) is 18.1 Å². The molecule has 1 aliphatic rings. The third-order valence-electron chi connectivity index (χ3n) is 2.28. The maximum atomic E-state index is 11.9. The molecule has 7 heteroatoms. The maximum absolute atomic E-state index is 11.9. The number of rotatable bonds is 3. The van der Waals surface area contributed by atoms with Crippen LogP contribution >= 0.6 is 27.3 Å². The van der Waals surface area contributed by atoms with Crippen molar-refractivity contribution in [3.8, 4) is 0 Å². The predicted octanol–water partition coefficient (Wildman–Crippen LogP) is 2.21. The van der Waals surface area contributed by atoms with Gasteiger partial charge in [0.15, 0.2) is 0 Å². The first kappa shape index (κ1) is 12.2. The van der Waals surface area contributed by atoms with Gasteiger partial charge in [-0.1, -0.05) is 23.5 Å². The van der Waals surface area contributed by atoms with E-state index in [0.29, 0.717) is 5.69 Å². The Hall–Kier alpha value is -0.240. The Labute approximate surface area is 107 Å². The molecule has 2 rings (SSSR count). The molecule has 88 valence electrons. The molecule has 0 aromatic carbocycles. The van der Waals surface area contributed by atoms with Gasteiger partial charge >= 0.3 is 0 Å². The fraction of sp³-hybridized carbons (Fsp3) is 0.444. The highest BCUT2D eigenvalue weighted by Gasteiger charge is 2.24. The average molecular weight is 323 g/mol. The zero-order valence-corrected chi connectivity index (χ0v) is 11.8. The van der Waals surface area contributed by atoms with Crippen LogP contribution in [0.2, 0.25) is 0 Å². The Morgan fingerprint density at radius 2 is 2.12 bits per heavy atom. The third-order valence-corrected chi connectivity index (χ3v) is 6.18. The lowest BCUT2D eigenvalue weighted by molar-refractivity contribution is 0.556. The minimum atomic E-state index is -3.46. The van der Waals surface area contributed by atoms with Crippen LogP contribution in [0.3, 0.4) is 0 Å². The molecular formula is C9H11BrN2O2S2. The smallest absolute Gasteiger partial charge is 0.228 e. The molecule has 1 aromatic rings. The van der Waals surface area contributed by atoms with E-state index in [-0.39, 0.29) is 10.4 Å². The van der Waals surface area contributed by atoms with Gasteiger partial charge in [-0.05, 0) is 35.7 Å². The lowest BCUT2D eigenvalue weighted by atomic mass is 10.3. The average Bonchev–Trinajstić information content (AvgIpc) is 2.78. The summed E-state index contributed by atoms with van der Waals surface area (Å²) < 4.78 is 27.4. The number of sulfonamides is 1. The minimum Gasteiger partial charge on any atom is -0.228 e. The lowest BCUT2D eigenvalue weighted by Gasteiger charge is -2.10. The van der Waals surface area contributed by atoms with Crippen molar-refractivity contribution in [3.05, 3.63) is 21.6 Å². The summed E-state index contributed by atoms with van der Waals surface area (Å²) in [4.78, 5) is 4.02. The molecule has 0 fully saturated rings. The van der Waals surface area contributed by atoms with Gasteiger partial charge < -0.3 is 0 Å². The van der Waals surface area contributed by atoms with Crippen molar-refractivity contribution >= 4 is 37.3 Å². The summed E-state index contributed by atoms with van der Waals surface area (Å²) in [5.41, 5.74) is 0.704. The molecule has 0 amide bonds. The van der Waals surface area contributed by atoms with E-state index in [2.05, 4.69) is 25.6 Å². The molecule has 1 N–H and O–H groups in total. The van der Waals surface area contributed by atoms with Gasteiger partial charge in [-0.3, -0.25) is 0 Å². The summed E-state index contributed by atoms with van der Waals surface area (Å²) in [6, 6.07) is -0.0204. The van der Waals surface area contributed by atoms with E-state index in [1.165, 1.54) is 0 Å². The highest BCUT2D eigenvalue weighted by molar-refractivity contribution is 9.11. The Bertz CT molecular complexity index is 494. The van der Waals surface area contributed by atoms with Gasteiger partial charge in [0, 0.05) is 6.04 Å². The molecule has 1 aliphatic carbocycles. The molecule has 4 nitrogen and oxygen atoms in total. The first-order valence-electron chi connectivity index (χ1n) is 4.79. The number of aryl methyl sites for hydroxylation is 1. The van der Waals surface area contributed by atoms with E-state index >= 15 is 0 Å². The highest BCUT2D eigenvalue weighted by atomic mass is 79.9. The topological polar surface area (TPSA) is 59.1 Å². The van der Waals surface area contributed by atoms with Crippen LogP contribution in [0.15, 0.2) is 20.3 Å². The molecule has 0 atom stereocenters. The fourth-order valence-corrected chi connectivity index (χ4v) is 4.67. The molecule has 1 aromatic heterocycles. The van der Waals surface area contributed by atoms with Crippen LogP contribution in [0.25, 0.3) is 0 Å². The van der Waals surface area contributed by atoms with Crippen molar-refractivity contribution in [2.45, 2.75) is 30.1 Å². The maximum Gasteiger partial charge on any atom is 0.268 e. The molecule has 0 saturated heterocycles. The van der Waals surface area contributed by atoms with Crippen LogP contribution < -0.4 is 4.72 Å². The molecule has 0 saturated carbocycles. The summed E-state index contributed by atoms with van der Waals surface area (Å²) in [6.07, 6.45) is 5.47. The van der Waals surface area contributed by atoms with Crippen molar-refractivity contribution < 1.29 is 8.42 Å². The second-order valence-electron chi connectivity index (χ2n) is 3.60. The Kier molecular flexibility index (Phi) is 3.48. The number of hydrogen-bond acceptors (Lipinski definition) is 4. The largest absolute Gasteiger partial charge is 0.268 e. The number of hydrogen-bond donors (Lipinski definition) is 1. The van der Waals surface area contributed by atoms with Gasteiger partial charge in [-0.15, -0.1) is 0 Å². The Morgan fingerprint density at radius 1 is 1.50 bits per heavy atom. The van der Waals surface area contributed by atoms with Crippen LogP contribution in [0.1, 0.15) is 18.5 Å². The molecule has 0 bridgehead atoms. The van der Waals surface area contributed by atoms with E-state index in [0.717, 1.165) is 28.0 Å². The van der Waals surface area contributed by atoms with Crippen LogP contribution in [0.5, 0.6) is 0 Å². The van der Waals surface area contributed by atoms with Gasteiger partial charge in [0.25, 0.3) is 10.0 Å². The molecule has 0 spiro atoms. The summed E-state index contributed by atoms with van der Waals surface area (Å²) in [7, 11) is -3.46. The van der Waals surface area contributed by atoms with Crippen LogP contribution in [0, 0.1) is 6.92 Å². The van der Waals surface area contributed by atoms with E-state index in [4.69, 9.17) is 0 Å². The van der Waals surface area contributed by atoms with Crippen molar-refractivity contribution in [3.63, 3.8) is 0 Å². The van der Waals surface area contributed by atoms with Crippen LogP contribution in [0.4, 0.5) is 0 Å². The molecule has 16 heavy (non-hydrogen) atoms. The lowest BCUT2D eigenvalue weighted by Crippen LogP contribution is -2.32. The second-order valence-corrected chi connectivity index (χ2v) is 7.80. The molecular weight excluding hydrogens is 312 g/mol. The summed E-state index contributed by atoms with van der Waals surface area (Å²) in [6.45, 7) is 1.77. The molecule has 0 radical (unpaired) electrons. The number of nitrogens with zero attached hydrogens (tertiary/aromatic N) is 1. The fourth-order valence-electron chi connectivity index (χ4n) is 1.45. The quantitative estimate of drug-likeness (QED) is 0.868. The van der Waals surface area contributed by atoms with Crippen molar-refractivity contribution in [1.82, 2.24) is 9.71 Å². The molecule has 1 heterocycles. The highest BCUT2D eigenvalue weighted by Crippen LogP contribution is 2.27.